The number of fused-ring (bicyclic) bond motifs is 1. The van der Waals surface area contributed by atoms with E-state index in [2.05, 4.69) is 19.2 Å². The van der Waals surface area contributed by atoms with E-state index in [4.69, 9.17) is 26.1 Å². The summed E-state index contributed by atoms with van der Waals surface area (Å²) in [5.41, 5.74) is 2.39. The van der Waals surface area contributed by atoms with Crippen LogP contribution in [0.25, 0.3) is 11.4 Å². The Balaban J connectivity index is 1.67. The fourth-order valence-electron chi connectivity index (χ4n) is 4.19. The zero-order valence-corrected chi connectivity index (χ0v) is 17.2. The van der Waals surface area contributed by atoms with Crippen molar-refractivity contribution in [3.63, 3.8) is 0 Å². The summed E-state index contributed by atoms with van der Waals surface area (Å²) in [6.07, 6.45) is 1.27. The molecule has 0 saturated heterocycles. The highest BCUT2D eigenvalue weighted by atomic mass is 35.5. The molecule has 5 rings (SSSR count). The minimum atomic E-state index is -0.424. The predicted octanol–water partition coefficient (Wildman–Crippen LogP) is 5.16. The van der Waals surface area contributed by atoms with Crippen LogP contribution in [0.2, 0.25) is 5.02 Å². The number of hydrogen-bond donors (Lipinski definition) is 1. The normalized spacial score (nSPS) is 20.3. The van der Waals surface area contributed by atoms with Crippen LogP contribution in [0.4, 0.5) is 5.95 Å². The molecule has 3 aromatic rings. The van der Waals surface area contributed by atoms with Gasteiger partial charge in [0.1, 0.15) is 17.6 Å². The number of furan rings is 1. The zero-order chi connectivity index (χ0) is 20.3. The average Bonchev–Trinajstić information content (AvgIpc) is 3.25. The molecule has 3 heterocycles. The number of aromatic nitrogens is 3. The zero-order valence-electron chi connectivity index (χ0n) is 16.5. The molecule has 1 N–H and O–H groups in total. The monoisotopic (exact) mass is 408 g/mol. The number of Topliss-reactive ketones (excluding diaryl/α,β-unsaturated/α-hetero) is 1. The van der Waals surface area contributed by atoms with Crippen molar-refractivity contribution in [2.24, 2.45) is 5.41 Å². The van der Waals surface area contributed by atoms with Crippen molar-refractivity contribution in [1.29, 1.82) is 0 Å². The van der Waals surface area contributed by atoms with Crippen molar-refractivity contribution >= 4 is 23.3 Å². The second-order valence-electron chi connectivity index (χ2n) is 8.52. The van der Waals surface area contributed by atoms with Gasteiger partial charge in [0.05, 0.1) is 0 Å². The number of carbonyl (C=O) groups excluding carboxylic acids is 1. The molecule has 1 aliphatic heterocycles. The van der Waals surface area contributed by atoms with E-state index in [1.807, 2.05) is 43.3 Å². The van der Waals surface area contributed by atoms with Crippen molar-refractivity contribution in [2.75, 3.05) is 5.32 Å². The number of halogens is 1. The van der Waals surface area contributed by atoms with Gasteiger partial charge in [0.2, 0.25) is 5.95 Å². The van der Waals surface area contributed by atoms with Gasteiger partial charge in [0, 0.05) is 28.3 Å². The van der Waals surface area contributed by atoms with Crippen LogP contribution in [-0.4, -0.2) is 20.5 Å². The van der Waals surface area contributed by atoms with Crippen LogP contribution in [0.3, 0.4) is 0 Å². The number of rotatable bonds is 2. The molecule has 0 amide bonds. The van der Waals surface area contributed by atoms with Crippen molar-refractivity contribution in [1.82, 2.24) is 14.8 Å². The number of benzene rings is 1. The molecular weight excluding hydrogens is 388 g/mol. The maximum absolute atomic E-state index is 13.1. The first kappa shape index (κ1) is 18.2. The van der Waals surface area contributed by atoms with Crippen LogP contribution in [0.1, 0.15) is 44.3 Å². The van der Waals surface area contributed by atoms with E-state index in [1.54, 1.807) is 4.68 Å². The van der Waals surface area contributed by atoms with Gasteiger partial charge < -0.3 is 9.73 Å². The van der Waals surface area contributed by atoms with Gasteiger partial charge in [0.25, 0.3) is 0 Å². The lowest BCUT2D eigenvalue weighted by Crippen LogP contribution is -2.36. The van der Waals surface area contributed by atoms with Gasteiger partial charge in [0.15, 0.2) is 11.6 Å². The molecule has 0 radical (unpaired) electrons. The highest BCUT2D eigenvalue weighted by Gasteiger charge is 2.43. The number of nitrogens with zero attached hydrogens (tertiary/aromatic N) is 3. The topological polar surface area (TPSA) is 73.0 Å². The fraction of sp³-hybridized carbons (Fsp3) is 0.318. The third-order valence-electron chi connectivity index (χ3n) is 5.46. The molecule has 29 heavy (non-hydrogen) atoms. The van der Waals surface area contributed by atoms with Crippen LogP contribution in [-0.2, 0) is 4.79 Å². The van der Waals surface area contributed by atoms with Crippen LogP contribution >= 0.6 is 11.6 Å². The molecule has 2 aromatic heterocycles. The maximum Gasteiger partial charge on any atom is 0.227 e. The van der Waals surface area contributed by atoms with Gasteiger partial charge in [-0.2, -0.15) is 4.98 Å². The Morgan fingerprint density at radius 2 is 1.93 bits per heavy atom. The average molecular weight is 409 g/mol. The highest BCUT2D eigenvalue weighted by molar-refractivity contribution is 6.30. The Hall–Kier alpha value is -2.86. The molecule has 2 aliphatic rings. The molecule has 1 unspecified atom stereocenters. The second-order valence-corrected chi connectivity index (χ2v) is 8.96. The van der Waals surface area contributed by atoms with Crippen LogP contribution in [0.5, 0.6) is 0 Å². The predicted molar refractivity (Wildman–Crippen MR) is 111 cm³/mol. The SMILES string of the molecule is Cc1ccc(C2C3=C(CC(C)(C)CC3=O)Nc3nc(-c4ccc(Cl)cc4)nn32)o1. The van der Waals surface area contributed by atoms with E-state index < -0.39 is 6.04 Å². The molecule has 1 aromatic carbocycles. The van der Waals surface area contributed by atoms with E-state index in [-0.39, 0.29) is 11.2 Å². The molecule has 1 atom stereocenters. The number of allylic oxidation sites excluding steroid dienone is 2. The van der Waals surface area contributed by atoms with E-state index in [0.717, 1.165) is 29.0 Å². The molecule has 0 fully saturated rings. The Kier molecular flexibility index (Phi) is 3.96. The molecule has 1 aliphatic carbocycles. The Labute approximate surface area is 173 Å². The first-order valence-electron chi connectivity index (χ1n) is 9.63. The second kappa shape index (κ2) is 6.32. The summed E-state index contributed by atoms with van der Waals surface area (Å²) >= 11 is 6.02. The largest absolute Gasteiger partial charge is 0.464 e. The lowest BCUT2D eigenvalue weighted by atomic mass is 9.73. The van der Waals surface area contributed by atoms with E-state index in [9.17, 15) is 4.79 Å². The number of anilines is 1. The van der Waals surface area contributed by atoms with E-state index >= 15 is 0 Å². The quantitative estimate of drug-likeness (QED) is 0.634. The van der Waals surface area contributed by atoms with Gasteiger partial charge in [-0.15, -0.1) is 5.10 Å². The molecule has 0 saturated carbocycles. The molecule has 148 valence electrons. The Morgan fingerprint density at radius 1 is 1.17 bits per heavy atom. The van der Waals surface area contributed by atoms with Crippen LogP contribution in [0.15, 0.2) is 52.1 Å². The summed E-state index contributed by atoms with van der Waals surface area (Å²) in [6.45, 7) is 6.12. The van der Waals surface area contributed by atoms with Gasteiger partial charge in [-0.25, -0.2) is 4.68 Å². The molecular formula is C22H21ClN4O2. The molecule has 7 heteroatoms. The van der Waals surface area contributed by atoms with Gasteiger partial charge in [-0.1, -0.05) is 25.4 Å². The summed E-state index contributed by atoms with van der Waals surface area (Å²) in [4.78, 5) is 17.9. The summed E-state index contributed by atoms with van der Waals surface area (Å²) in [5.74, 6) is 2.79. The van der Waals surface area contributed by atoms with Crippen molar-refractivity contribution in [3.8, 4) is 11.4 Å². The number of nitrogens with one attached hydrogen (secondary N) is 1. The molecule has 0 spiro atoms. The van der Waals surface area contributed by atoms with Crippen molar-refractivity contribution < 1.29 is 9.21 Å². The summed E-state index contributed by atoms with van der Waals surface area (Å²) in [7, 11) is 0. The number of ketones is 1. The summed E-state index contributed by atoms with van der Waals surface area (Å²) < 4.78 is 7.70. The van der Waals surface area contributed by atoms with E-state index in [1.165, 1.54) is 0 Å². The third kappa shape index (κ3) is 3.08. The standard InChI is InChI=1S/C22H21ClN4O2/c1-12-4-9-17(29-12)19-18-15(10-22(2,3)11-16(18)28)24-21-25-20(26-27(19)21)13-5-7-14(23)8-6-13/h4-9,19H,10-11H2,1-3H3,(H,24,25,26). The summed E-state index contributed by atoms with van der Waals surface area (Å²) in [5, 5.41) is 8.76. The molecule has 6 nitrogen and oxygen atoms in total. The minimum absolute atomic E-state index is 0.103. The van der Waals surface area contributed by atoms with Gasteiger partial charge >= 0.3 is 0 Å². The molecule has 0 bridgehead atoms. The lowest BCUT2D eigenvalue weighted by molar-refractivity contribution is -0.118. The number of aryl methyl sites for hydroxylation is 1. The van der Waals surface area contributed by atoms with Crippen molar-refractivity contribution in [2.45, 2.75) is 39.7 Å². The fourth-order valence-corrected chi connectivity index (χ4v) is 4.32. The highest BCUT2D eigenvalue weighted by Crippen LogP contribution is 2.45. The number of hydrogen-bond acceptors (Lipinski definition) is 5. The van der Waals surface area contributed by atoms with E-state index in [0.29, 0.717) is 29.0 Å². The lowest BCUT2D eigenvalue weighted by Gasteiger charge is -2.37. The first-order valence-corrected chi connectivity index (χ1v) is 10.0. The Morgan fingerprint density at radius 3 is 2.62 bits per heavy atom. The summed E-state index contributed by atoms with van der Waals surface area (Å²) in [6, 6.07) is 10.8. The van der Waals surface area contributed by atoms with Crippen LogP contribution in [0, 0.1) is 12.3 Å². The van der Waals surface area contributed by atoms with Crippen molar-refractivity contribution in [3.05, 3.63) is 64.2 Å². The Bertz CT molecular complexity index is 1150. The van der Waals surface area contributed by atoms with Gasteiger partial charge in [-0.3, -0.25) is 4.79 Å². The third-order valence-corrected chi connectivity index (χ3v) is 5.72. The maximum atomic E-state index is 13.1. The number of carbonyl (C=O) groups is 1. The van der Waals surface area contributed by atoms with Gasteiger partial charge in [-0.05, 0) is 55.2 Å². The first-order chi connectivity index (χ1) is 13.8. The van der Waals surface area contributed by atoms with Crippen LogP contribution < -0.4 is 5.32 Å². The smallest absolute Gasteiger partial charge is 0.227 e. The minimum Gasteiger partial charge on any atom is -0.464 e.